The van der Waals surface area contributed by atoms with Gasteiger partial charge in [-0.25, -0.2) is 14.4 Å². The van der Waals surface area contributed by atoms with Gasteiger partial charge in [0.25, 0.3) is 0 Å². The van der Waals surface area contributed by atoms with Crippen LogP contribution in [0.5, 0.6) is 0 Å². The van der Waals surface area contributed by atoms with Gasteiger partial charge < -0.3 is 30.0 Å². The van der Waals surface area contributed by atoms with Gasteiger partial charge in [-0.1, -0.05) is 127 Å². The van der Waals surface area contributed by atoms with Crippen molar-refractivity contribution in [2.24, 2.45) is 5.73 Å². The number of amides is 1. The Kier molecular flexibility index (Phi) is 18.4. The van der Waals surface area contributed by atoms with Gasteiger partial charge in [0.15, 0.2) is 0 Å². The minimum absolute atomic E-state index is 0. The molecule has 0 aromatic heterocycles. The van der Waals surface area contributed by atoms with Crippen LogP contribution in [0.15, 0.2) is 84.9 Å². The maximum Gasteiger partial charge on any atom is 0.519 e. The molecule has 4 aromatic carbocycles. The van der Waals surface area contributed by atoms with Crippen molar-refractivity contribution in [3.63, 3.8) is 0 Å². The number of benzene rings is 4. The first-order chi connectivity index (χ1) is 28.0. The van der Waals surface area contributed by atoms with Crippen molar-refractivity contribution in [2.75, 3.05) is 13.1 Å². The van der Waals surface area contributed by atoms with Crippen LogP contribution in [0, 0.1) is 0 Å². The smallest absolute Gasteiger partial charge is 0.444 e. The molecule has 9 nitrogen and oxygen atoms in total. The molecule has 2 aliphatic carbocycles. The first-order valence-electron chi connectivity index (χ1n) is 19.8. The van der Waals surface area contributed by atoms with Crippen LogP contribution in [0.25, 0.3) is 0 Å². The minimum atomic E-state index is -1.06. The molecule has 4 atom stereocenters. The van der Waals surface area contributed by atoms with E-state index in [0.717, 1.165) is 24.0 Å². The molecule has 0 radical (unpaired) electrons. The van der Waals surface area contributed by atoms with Crippen LogP contribution in [-0.4, -0.2) is 48.3 Å². The number of nitrogens with two attached hydrogens (primary N) is 1. The van der Waals surface area contributed by atoms with Gasteiger partial charge in [0.2, 0.25) is 0 Å². The lowest BCUT2D eigenvalue weighted by atomic mass is 9.92. The molecule has 6 rings (SSSR count). The summed E-state index contributed by atoms with van der Waals surface area (Å²) >= 11 is 25.2. The molecular weight excluding hydrogens is 858 g/mol. The second kappa shape index (κ2) is 21.9. The fourth-order valence-electron chi connectivity index (χ4n) is 7.19. The second-order valence-electron chi connectivity index (χ2n) is 17.7. The van der Waals surface area contributed by atoms with Gasteiger partial charge >= 0.3 is 18.4 Å². The Morgan fingerprint density at radius 3 is 1.31 bits per heavy atom. The highest BCUT2D eigenvalue weighted by Crippen LogP contribution is 2.49. The quantitative estimate of drug-likeness (QED) is 0.115. The lowest BCUT2D eigenvalue weighted by Crippen LogP contribution is -2.34. The zero-order valence-electron chi connectivity index (χ0n) is 35.7. The fourth-order valence-corrected chi connectivity index (χ4v) is 8.07. The first-order valence-corrected chi connectivity index (χ1v) is 21.3. The van der Waals surface area contributed by atoms with E-state index in [-0.39, 0.29) is 25.4 Å². The number of carbonyl (C=O) groups is 3. The summed E-state index contributed by atoms with van der Waals surface area (Å²) in [7, 11) is 0. The summed E-state index contributed by atoms with van der Waals surface area (Å²) in [5.74, 6) is 1.09. The van der Waals surface area contributed by atoms with Gasteiger partial charge in [-0.2, -0.15) is 0 Å². The zero-order chi connectivity index (χ0) is 44.6. The average Bonchev–Trinajstić information content (AvgIpc) is 3.70. The summed E-state index contributed by atoms with van der Waals surface area (Å²) in [6.07, 6.45) is -0.627. The van der Waals surface area contributed by atoms with Crippen molar-refractivity contribution < 1.29 is 33.3 Å². The lowest BCUT2D eigenvalue weighted by molar-refractivity contribution is -0.0294. The molecule has 1 amide bonds. The predicted molar refractivity (Wildman–Crippen MR) is 248 cm³/mol. The predicted octanol–water partition coefficient (Wildman–Crippen LogP) is 14.2. The third kappa shape index (κ3) is 15.1. The number of hydrogen-bond donors (Lipinski definition) is 2. The molecule has 0 bridgehead atoms. The molecule has 4 aromatic rings. The van der Waals surface area contributed by atoms with Gasteiger partial charge in [-0.3, -0.25) is 0 Å². The first kappa shape index (κ1) is 51.4. The van der Waals surface area contributed by atoms with E-state index in [9.17, 15) is 14.4 Å². The van der Waals surface area contributed by atoms with E-state index in [0.29, 0.717) is 45.0 Å². The largest absolute Gasteiger partial charge is 0.519 e. The van der Waals surface area contributed by atoms with Gasteiger partial charge in [-0.15, -0.1) is 0 Å². The van der Waals surface area contributed by atoms with Crippen molar-refractivity contribution in [3.8, 4) is 0 Å². The Balaban J connectivity index is 0.000000253. The normalized spacial score (nSPS) is 17.7. The average molecular weight is 919 g/mol. The highest BCUT2D eigenvalue weighted by Gasteiger charge is 2.34. The molecule has 0 saturated heterocycles. The van der Waals surface area contributed by atoms with Crippen LogP contribution >= 0.6 is 46.4 Å². The second-order valence-corrected chi connectivity index (χ2v) is 19.2. The lowest BCUT2D eigenvalue weighted by Gasteiger charge is -2.21. The van der Waals surface area contributed by atoms with E-state index >= 15 is 0 Å². The maximum atomic E-state index is 12.0. The molecule has 0 spiro atoms. The molecule has 13 heteroatoms. The number of hydrogen-bond acceptors (Lipinski definition) is 8. The Bertz CT molecular complexity index is 2100. The number of fused-ring (bicyclic) bond motifs is 2. The van der Waals surface area contributed by atoms with E-state index in [1.165, 1.54) is 22.3 Å². The summed E-state index contributed by atoms with van der Waals surface area (Å²) in [6.45, 7) is 16.8. The van der Waals surface area contributed by atoms with Crippen LogP contribution in [0.1, 0.15) is 140 Å². The van der Waals surface area contributed by atoms with Crippen molar-refractivity contribution in [3.05, 3.63) is 138 Å². The molecule has 2 aliphatic rings. The van der Waals surface area contributed by atoms with Crippen molar-refractivity contribution in [2.45, 2.75) is 123 Å². The number of nitrogens with one attached hydrogen (secondary N) is 1. The van der Waals surface area contributed by atoms with Gasteiger partial charge in [0, 0.05) is 24.3 Å². The summed E-state index contributed by atoms with van der Waals surface area (Å²) in [6, 6.07) is 28.4. The highest BCUT2D eigenvalue weighted by atomic mass is 35.5. The van der Waals surface area contributed by atoms with Gasteiger partial charge in [0.05, 0.1) is 20.1 Å². The molecular formula is C48H60Cl4N2O7. The van der Waals surface area contributed by atoms with Crippen LogP contribution in [0.3, 0.4) is 0 Å². The van der Waals surface area contributed by atoms with Crippen LogP contribution in [0.4, 0.5) is 14.4 Å². The summed E-state index contributed by atoms with van der Waals surface area (Å²) < 4.78 is 19.1. The number of halogens is 4. The Morgan fingerprint density at radius 1 is 0.557 bits per heavy atom. The summed E-state index contributed by atoms with van der Waals surface area (Å²) in [5.41, 5.74) is 11.3. The van der Waals surface area contributed by atoms with E-state index in [1.807, 2.05) is 57.2 Å². The highest BCUT2D eigenvalue weighted by molar-refractivity contribution is 6.43. The SMILES string of the molecule is C.CC(C)(C)OC(=O)NCC1CC(c2cccc(Cl)c2Cl)c2ccccc21.CC(C)(C)OC(=O)OC(=O)OC(C)(C)C.NCC1CC(c2cccc(Cl)c2Cl)c2ccccc21. The molecule has 0 fully saturated rings. The van der Waals surface area contributed by atoms with Crippen molar-refractivity contribution in [1.82, 2.24) is 5.32 Å². The molecule has 61 heavy (non-hydrogen) atoms. The molecule has 0 aliphatic heterocycles. The van der Waals surface area contributed by atoms with Gasteiger partial charge in [0.1, 0.15) is 16.8 Å². The monoisotopic (exact) mass is 916 g/mol. The van der Waals surface area contributed by atoms with Crippen LogP contribution < -0.4 is 11.1 Å². The van der Waals surface area contributed by atoms with Crippen LogP contribution in [0.2, 0.25) is 20.1 Å². The Morgan fingerprint density at radius 2 is 0.918 bits per heavy atom. The topological polar surface area (TPSA) is 126 Å². The minimum Gasteiger partial charge on any atom is -0.444 e. The van der Waals surface area contributed by atoms with Gasteiger partial charge in [-0.05, 0) is 133 Å². The van der Waals surface area contributed by atoms with Crippen LogP contribution in [-0.2, 0) is 18.9 Å². The molecule has 0 saturated carbocycles. The number of rotatable bonds is 5. The number of alkyl carbamates (subject to hydrolysis) is 1. The third-order valence-corrected chi connectivity index (χ3v) is 11.2. The third-order valence-electron chi connectivity index (χ3n) is 9.50. The summed E-state index contributed by atoms with van der Waals surface area (Å²) in [5, 5.41) is 5.36. The number of carbonyl (C=O) groups excluding carboxylic acids is 3. The van der Waals surface area contributed by atoms with Crippen molar-refractivity contribution >= 4 is 64.8 Å². The van der Waals surface area contributed by atoms with E-state index < -0.39 is 29.1 Å². The molecule has 3 N–H and O–H groups in total. The molecule has 332 valence electrons. The fraction of sp³-hybridized carbons (Fsp3) is 0.438. The number of ether oxygens (including phenoxy) is 4. The van der Waals surface area contributed by atoms with E-state index in [4.69, 9.17) is 66.3 Å². The molecule has 0 heterocycles. The zero-order valence-corrected chi connectivity index (χ0v) is 38.7. The standard InChI is InChI=1S/C21H23Cl2NO2.C16H15Cl2N.C10H18O5.CH4/c1-21(2,3)26-20(25)24-12-13-11-17(15-8-5-4-7-14(13)15)16-9-6-10-18(22)19(16)23;17-15-7-3-6-13(16(15)18)14-8-10(9-19)11-4-1-2-5-12(11)14;1-9(2,3)14-7(11)13-8(12)15-10(4,5)6;/h4-10,13,17H,11-12H2,1-3H3,(H,24,25);1-7,10,14H,8-9,19H2;1-6H3;1H4. The Labute approximate surface area is 381 Å². The maximum absolute atomic E-state index is 12.0. The van der Waals surface area contributed by atoms with E-state index in [1.54, 1.807) is 47.6 Å². The molecule has 4 unspecified atom stereocenters. The van der Waals surface area contributed by atoms with Crippen molar-refractivity contribution in [1.29, 1.82) is 0 Å². The van der Waals surface area contributed by atoms with E-state index in [2.05, 4.69) is 52.5 Å². The Hall–Kier alpha value is -3.99. The summed E-state index contributed by atoms with van der Waals surface area (Å²) in [4.78, 5) is 34.0.